The first-order chi connectivity index (χ1) is 16.1. The van der Waals surface area contributed by atoms with Crippen LogP contribution < -0.4 is 4.74 Å². The number of benzene rings is 2. The first-order valence-corrected chi connectivity index (χ1v) is 12.5. The molecular formula is C26H27N3O2S2. The van der Waals surface area contributed by atoms with E-state index in [9.17, 15) is 4.79 Å². The van der Waals surface area contributed by atoms with Crippen molar-refractivity contribution in [3.05, 3.63) is 71.3 Å². The lowest BCUT2D eigenvalue weighted by atomic mass is 10.1. The number of unbranched alkanes of at least 4 members (excludes halogenated alkanes) is 1. The average molecular weight is 478 g/mol. The third-order valence-corrected chi connectivity index (χ3v) is 6.64. The van der Waals surface area contributed by atoms with Gasteiger partial charge in [0.15, 0.2) is 0 Å². The lowest BCUT2D eigenvalue weighted by Gasteiger charge is -2.12. The standard InChI is InChI=1S/C26H27N3O2S2/c1-3-5-15-28-25(30)23(33-26(28)32)17-20-18-29(21-9-7-6-8-10-21)27-24(20)19-11-13-22(14-12-19)31-16-4-2/h6-14,17-18H,3-5,15-16H2,1-2H3/b23-17-. The van der Waals surface area contributed by atoms with E-state index in [0.717, 1.165) is 47.5 Å². The number of hydrogen-bond acceptors (Lipinski definition) is 5. The number of ether oxygens (including phenoxy) is 1. The highest BCUT2D eigenvalue weighted by molar-refractivity contribution is 8.26. The predicted molar refractivity (Wildman–Crippen MR) is 140 cm³/mol. The highest BCUT2D eigenvalue weighted by atomic mass is 32.2. The van der Waals surface area contributed by atoms with Crippen LogP contribution in [0.4, 0.5) is 0 Å². The molecule has 0 atom stereocenters. The van der Waals surface area contributed by atoms with Crippen LogP contribution >= 0.6 is 24.0 Å². The summed E-state index contributed by atoms with van der Waals surface area (Å²) in [4.78, 5) is 15.3. The molecule has 33 heavy (non-hydrogen) atoms. The number of para-hydroxylation sites is 1. The van der Waals surface area contributed by atoms with Crippen molar-refractivity contribution in [2.45, 2.75) is 33.1 Å². The molecule has 1 fully saturated rings. The SMILES string of the molecule is CCCCN1C(=O)/C(=C/c2cn(-c3ccccc3)nc2-c2ccc(OCCC)cc2)SC1=S. The van der Waals surface area contributed by atoms with Crippen LogP contribution in [-0.4, -0.2) is 38.1 Å². The molecule has 3 aromatic rings. The van der Waals surface area contributed by atoms with Crippen LogP contribution in [0.3, 0.4) is 0 Å². The lowest BCUT2D eigenvalue weighted by Crippen LogP contribution is -2.28. The van der Waals surface area contributed by atoms with Crippen molar-refractivity contribution in [3.8, 4) is 22.7 Å². The second-order valence-electron chi connectivity index (χ2n) is 7.77. The van der Waals surface area contributed by atoms with E-state index in [-0.39, 0.29) is 5.91 Å². The smallest absolute Gasteiger partial charge is 0.266 e. The molecule has 0 spiro atoms. The van der Waals surface area contributed by atoms with E-state index < -0.39 is 0 Å². The van der Waals surface area contributed by atoms with Crippen molar-refractivity contribution in [2.24, 2.45) is 0 Å². The van der Waals surface area contributed by atoms with Gasteiger partial charge in [-0.15, -0.1) is 0 Å². The minimum Gasteiger partial charge on any atom is -0.494 e. The molecule has 0 radical (unpaired) electrons. The van der Waals surface area contributed by atoms with Gasteiger partial charge in [-0.25, -0.2) is 4.68 Å². The summed E-state index contributed by atoms with van der Waals surface area (Å²) >= 11 is 6.83. The van der Waals surface area contributed by atoms with Crippen LogP contribution in [0.25, 0.3) is 23.0 Å². The van der Waals surface area contributed by atoms with Gasteiger partial charge in [-0.05, 0) is 55.3 Å². The fourth-order valence-electron chi connectivity index (χ4n) is 3.51. The van der Waals surface area contributed by atoms with Gasteiger partial charge in [0.05, 0.1) is 22.9 Å². The molecule has 1 amide bonds. The van der Waals surface area contributed by atoms with Crippen LogP contribution in [0.1, 0.15) is 38.7 Å². The average Bonchev–Trinajstić information content (AvgIpc) is 3.38. The Morgan fingerprint density at radius 1 is 1.06 bits per heavy atom. The van der Waals surface area contributed by atoms with E-state index in [2.05, 4.69) is 13.8 Å². The van der Waals surface area contributed by atoms with Gasteiger partial charge < -0.3 is 4.74 Å². The highest BCUT2D eigenvalue weighted by Gasteiger charge is 2.31. The number of amides is 1. The third kappa shape index (κ3) is 5.37. The molecule has 2 aromatic carbocycles. The maximum Gasteiger partial charge on any atom is 0.266 e. The van der Waals surface area contributed by atoms with Crippen molar-refractivity contribution in [3.63, 3.8) is 0 Å². The Hall–Kier alpha value is -2.90. The molecule has 4 rings (SSSR count). The second kappa shape index (κ2) is 10.8. The molecule has 0 N–H and O–H groups in total. The first-order valence-electron chi connectivity index (χ1n) is 11.2. The molecule has 1 aliphatic rings. The van der Waals surface area contributed by atoms with Gasteiger partial charge in [0.1, 0.15) is 10.1 Å². The third-order valence-electron chi connectivity index (χ3n) is 5.26. The summed E-state index contributed by atoms with van der Waals surface area (Å²) in [5.41, 5.74) is 3.59. The number of thioether (sulfide) groups is 1. The Morgan fingerprint density at radius 2 is 1.82 bits per heavy atom. The number of nitrogens with zero attached hydrogens (tertiary/aromatic N) is 3. The zero-order chi connectivity index (χ0) is 23.2. The predicted octanol–water partition coefficient (Wildman–Crippen LogP) is 6.33. The molecule has 1 aliphatic heterocycles. The normalized spacial score (nSPS) is 15.0. The van der Waals surface area contributed by atoms with Crippen LogP contribution in [0.2, 0.25) is 0 Å². The van der Waals surface area contributed by atoms with Crippen molar-refractivity contribution in [1.82, 2.24) is 14.7 Å². The van der Waals surface area contributed by atoms with Crippen molar-refractivity contribution >= 4 is 40.3 Å². The van der Waals surface area contributed by atoms with E-state index in [1.54, 1.807) is 4.90 Å². The summed E-state index contributed by atoms with van der Waals surface area (Å²) in [7, 11) is 0. The molecule has 7 heteroatoms. The number of rotatable bonds is 9. The Morgan fingerprint density at radius 3 is 2.52 bits per heavy atom. The summed E-state index contributed by atoms with van der Waals surface area (Å²) < 4.78 is 8.19. The molecule has 170 valence electrons. The van der Waals surface area contributed by atoms with E-state index in [0.29, 0.717) is 22.4 Å². The molecule has 2 heterocycles. The van der Waals surface area contributed by atoms with Crippen LogP contribution in [-0.2, 0) is 4.79 Å². The molecule has 0 aliphatic carbocycles. The zero-order valence-electron chi connectivity index (χ0n) is 18.9. The van der Waals surface area contributed by atoms with Crippen molar-refractivity contribution in [1.29, 1.82) is 0 Å². The van der Waals surface area contributed by atoms with Gasteiger partial charge in [0.2, 0.25) is 0 Å². The van der Waals surface area contributed by atoms with E-state index >= 15 is 0 Å². The zero-order valence-corrected chi connectivity index (χ0v) is 20.5. The number of hydrogen-bond donors (Lipinski definition) is 0. The maximum atomic E-state index is 13.0. The molecular weight excluding hydrogens is 450 g/mol. The summed E-state index contributed by atoms with van der Waals surface area (Å²) in [6.45, 7) is 5.54. The summed E-state index contributed by atoms with van der Waals surface area (Å²) in [6.07, 6.45) is 6.79. The Balaban J connectivity index is 1.71. The van der Waals surface area contributed by atoms with Crippen LogP contribution in [0.15, 0.2) is 65.7 Å². The van der Waals surface area contributed by atoms with Gasteiger partial charge in [0, 0.05) is 23.9 Å². The van der Waals surface area contributed by atoms with E-state index in [1.807, 2.05) is 71.6 Å². The monoisotopic (exact) mass is 477 g/mol. The van der Waals surface area contributed by atoms with Crippen molar-refractivity contribution < 1.29 is 9.53 Å². The van der Waals surface area contributed by atoms with E-state index in [4.69, 9.17) is 22.1 Å². The molecule has 5 nitrogen and oxygen atoms in total. The molecule has 0 saturated carbocycles. The summed E-state index contributed by atoms with van der Waals surface area (Å²) in [5, 5.41) is 4.86. The second-order valence-corrected chi connectivity index (χ2v) is 9.45. The molecule has 1 aromatic heterocycles. The highest BCUT2D eigenvalue weighted by Crippen LogP contribution is 2.35. The van der Waals surface area contributed by atoms with Gasteiger partial charge in [0.25, 0.3) is 5.91 Å². The van der Waals surface area contributed by atoms with Crippen LogP contribution in [0.5, 0.6) is 5.75 Å². The minimum atomic E-state index is -0.0276. The lowest BCUT2D eigenvalue weighted by molar-refractivity contribution is -0.122. The Labute approximate surface area is 204 Å². The largest absolute Gasteiger partial charge is 0.494 e. The van der Waals surface area contributed by atoms with Gasteiger partial charge >= 0.3 is 0 Å². The van der Waals surface area contributed by atoms with Crippen LogP contribution in [0, 0.1) is 0 Å². The van der Waals surface area contributed by atoms with Crippen molar-refractivity contribution in [2.75, 3.05) is 13.2 Å². The van der Waals surface area contributed by atoms with E-state index in [1.165, 1.54) is 11.8 Å². The number of carbonyl (C=O) groups is 1. The van der Waals surface area contributed by atoms with Gasteiger partial charge in [-0.1, -0.05) is 62.4 Å². The molecule has 1 saturated heterocycles. The van der Waals surface area contributed by atoms with Gasteiger partial charge in [-0.3, -0.25) is 9.69 Å². The number of aromatic nitrogens is 2. The van der Waals surface area contributed by atoms with Gasteiger partial charge in [-0.2, -0.15) is 5.10 Å². The minimum absolute atomic E-state index is 0.0276. The fourth-order valence-corrected chi connectivity index (χ4v) is 4.81. The first kappa shape index (κ1) is 23.3. The Kier molecular flexibility index (Phi) is 7.62. The topological polar surface area (TPSA) is 47.4 Å². The molecule has 0 unspecified atom stereocenters. The maximum absolute atomic E-state index is 13.0. The Bertz CT molecular complexity index is 1150. The summed E-state index contributed by atoms with van der Waals surface area (Å²) in [5.74, 6) is 0.807. The quantitative estimate of drug-likeness (QED) is 0.266. The molecule has 0 bridgehead atoms. The summed E-state index contributed by atoms with van der Waals surface area (Å²) in [6, 6.07) is 17.9. The number of thiocarbonyl (C=S) groups is 1. The fraction of sp³-hybridized carbons (Fsp3) is 0.269. The number of carbonyl (C=O) groups excluding carboxylic acids is 1.